The molecule has 0 bridgehead atoms. The summed E-state index contributed by atoms with van der Waals surface area (Å²) in [6, 6.07) is 5.86. The molecule has 0 radical (unpaired) electrons. The fraction of sp³-hybridized carbons (Fsp3) is 0.625. The number of rotatable bonds is 8. The highest BCUT2D eigenvalue weighted by Crippen LogP contribution is 2.25. The predicted molar refractivity (Wildman–Crippen MR) is 80.6 cm³/mol. The highest BCUT2D eigenvalue weighted by molar-refractivity contribution is 5.53. The Morgan fingerprint density at radius 1 is 1.40 bits per heavy atom. The van der Waals surface area contributed by atoms with E-state index in [1.165, 1.54) is 18.9 Å². The summed E-state index contributed by atoms with van der Waals surface area (Å²) in [5.41, 5.74) is 1.71. The van der Waals surface area contributed by atoms with Gasteiger partial charge in [-0.3, -0.25) is 0 Å². The SMILES string of the molecule is CC(C)OCCN(C)c1cccc(F)c1CNC1CC1. The number of hydrogen-bond acceptors (Lipinski definition) is 3. The zero-order chi connectivity index (χ0) is 14.5. The lowest BCUT2D eigenvalue weighted by Gasteiger charge is -2.23. The first-order valence-corrected chi connectivity index (χ1v) is 7.41. The summed E-state index contributed by atoms with van der Waals surface area (Å²) in [6.07, 6.45) is 2.65. The van der Waals surface area contributed by atoms with E-state index in [1.807, 2.05) is 27.0 Å². The van der Waals surface area contributed by atoms with Crippen LogP contribution in [0.1, 0.15) is 32.3 Å². The standard InChI is InChI=1S/C16H25FN2O/c1-12(2)20-10-9-19(3)16-6-4-5-15(17)14(16)11-18-13-7-8-13/h4-6,12-13,18H,7-11H2,1-3H3. The van der Waals surface area contributed by atoms with Crippen molar-refractivity contribution in [1.29, 1.82) is 0 Å². The first-order chi connectivity index (χ1) is 9.58. The lowest BCUT2D eigenvalue weighted by molar-refractivity contribution is 0.0846. The van der Waals surface area contributed by atoms with Crippen molar-refractivity contribution in [3.8, 4) is 0 Å². The van der Waals surface area contributed by atoms with Gasteiger partial charge in [0.2, 0.25) is 0 Å². The van der Waals surface area contributed by atoms with Gasteiger partial charge in [-0.1, -0.05) is 6.07 Å². The molecule has 1 aromatic carbocycles. The summed E-state index contributed by atoms with van der Waals surface area (Å²) >= 11 is 0. The second-order valence-corrected chi connectivity index (χ2v) is 5.73. The van der Waals surface area contributed by atoms with Gasteiger partial charge < -0.3 is 15.0 Å². The molecular weight excluding hydrogens is 255 g/mol. The molecule has 0 amide bonds. The summed E-state index contributed by atoms with van der Waals surface area (Å²) in [6.45, 7) is 6.06. The Morgan fingerprint density at radius 3 is 2.80 bits per heavy atom. The Balaban J connectivity index is 1.98. The lowest BCUT2D eigenvalue weighted by atomic mass is 10.1. The van der Waals surface area contributed by atoms with E-state index < -0.39 is 0 Å². The minimum Gasteiger partial charge on any atom is -0.377 e. The van der Waals surface area contributed by atoms with Crippen LogP contribution < -0.4 is 10.2 Å². The molecular formula is C16H25FN2O. The van der Waals surface area contributed by atoms with Gasteiger partial charge in [0, 0.05) is 37.4 Å². The molecule has 3 nitrogen and oxygen atoms in total. The normalized spacial score (nSPS) is 14.8. The molecule has 0 heterocycles. The number of ether oxygens (including phenoxy) is 1. The number of hydrogen-bond donors (Lipinski definition) is 1. The summed E-state index contributed by atoms with van der Waals surface area (Å²) in [5, 5.41) is 3.39. The molecule has 1 aliphatic rings. The van der Waals surface area contributed by atoms with Crippen LogP contribution in [0.25, 0.3) is 0 Å². The van der Waals surface area contributed by atoms with Crippen LogP contribution in [0.2, 0.25) is 0 Å². The Labute approximate surface area is 121 Å². The summed E-state index contributed by atoms with van der Waals surface area (Å²) in [7, 11) is 1.99. The molecule has 0 atom stereocenters. The monoisotopic (exact) mass is 280 g/mol. The molecule has 1 aromatic rings. The van der Waals surface area contributed by atoms with Crippen molar-refractivity contribution in [2.24, 2.45) is 0 Å². The van der Waals surface area contributed by atoms with Crippen molar-refractivity contribution in [3.63, 3.8) is 0 Å². The first kappa shape index (κ1) is 15.3. The quantitative estimate of drug-likeness (QED) is 0.792. The van der Waals surface area contributed by atoms with Crippen molar-refractivity contribution in [1.82, 2.24) is 5.32 Å². The molecule has 0 spiro atoms. The Hall–Kier alpha value is -1.13. The number of nitrogens with one attached hydrogen (secondary N) is 1. The van der Waals surface area contributed by atoms with Crippen LogP contribution >= 0.6 is 0 Å². The molecule has 0 aromatic heterocycles. The highest BCUT2D eigenvalue weighted by atomic mass is 19.1. The molecule has 0 saturated heterocycles. The molecule has 1 fully saturated rings. The fourth-order valence-electron chi connectivity index (χ4n) is 2.16. The van der Waals surface area contributed by atoms with Crippen molar-refractivity contribution in [2.45, 2.75) is 45.4 Å². The maximum absolute atomic E-state index is 14.0. The Kier molecular flexibility index (Phi) is 5.38. The third-order valence-corrected chi connectivity index (χ3v) is 3.53. The van der Waals surface area contributed by atoms with E-state index in [2.05, 4.69) is 10.2 Å². The van der Waals surface area contributed by atoms with Crippen LogP contribution in [0.15, 0.2) is 18.2 Å². The number of anilines is 1. The minimum absolute atomic E-state index is 0.132. The van der Waals surface area contributed by atoms with Crippen molar-refractivity contribution in [2.75, 3.05) is 25.1 Å². The van der Waals surface area contributed by atoms with Gasteiger partial charge in [0.15, 0.2) is 0 Å². The molecule has 20 heavy (non-hydrogen) atoms. The minimum atomic E-state index is -0.132. The highest BCUT2D eigenvalue weighted by Gasteiger charge is 2.21. The molecule has 1 N–H and O–H groups in total. The van der Waals surface area contributed by atoms with E-state index in [-0.39, 0.29) is 11.9 Å². The average Bonchev–Trinajstić information content (AvgIpc) is 3.20. The van der Waals surface area contributed by atoms with Gasteiger partial charge in [-0.25, -0.2) is 4.39 Å². The van der Waals surface area contributed by atoms with Crippen LogP contribution in [0.3, 0.4) is 0 Å². The zero-order valence-corrected chi connectivity index (χ0v) is 12.7. The average molecular weight is 280 g/mol. The van der Waals surface area contributed by atoms with Gasteiger partial charge in [-0.15, -0.1) is 0 Å². The maximum atomic E-state index is 14.0. The van der Waals surface area contributed by atoms with Gasteiger partial charge in [0.1, 0.15) is 5.82 Å². The van der Waals surface area contributed by atoms with Gasteiger partial charge in [0.25, 0.3) is 0 Å². The molecule has 1 aliphatic carbocycles. The van der Waals surface area contributed by atoms with E-state index in [4.69, 9.17) is 4.74 Å². The van der Waals surface area contributed by atoms with Gasteiger partial charge in [0.05, 0.1) is 12.7 Å². The third-order valence-electron chi connectivity index (χ3n) is 3.53. The van der Waals surface area contributed by atoms with Crippen molar-refractivity contribution in [3.05, 3.63) is 29.6 Å². The first-order valence-electron chi connectivity index (χ1n) is 7.41. The van der Waals surface area contributed by atoms with Gasteiger partial charge in [-0.05, 0) is 38.8 Å². The van der Waals surface area contributed by atoms with E-state index in [0.29, 0.717) is 19.2 Å². The third kappa shape index (κ3) is 4.46. The molecule has 0 aliphatic heterocycles. The van der Waals surface area contributed by atoms with Crippen LogP contribution in [0.4, 0.5) is 10.1 Å². The second kappa shape index (κ2) is 7.04. The maximum Gasteiger partial charge on any atom is 0.129 e. The summed E-state index contributed by atoms with van der Waals surface area (Å²) in [4.78, 5) is 2.06. The molecule has 4 heteroatoms. The predicted octanol–water partition coefficient (Wildman–Crippen LogP) is 2.94. The van der Waals surface area contributed by atoms with Gasteiger partial charge >= 0.3 is 0 Å². The smallest absolute Gasteiger partial charge is 0.129 e. The van der Waals surface area contributed by atoms with E-state index in [0.717, 1.165) is 17.8 Å². The Bertz CT molecular complexity index is 432. The van der Waals surface area contributed by atoms with Crippen molar-refractivity contribution < 1.29 is 9.13 Å². The van der Waals surface area contributed by atoms with Gasteiger partial charge in [-0.2, -0.15) is 0 Å². The van der Waals surface area contributed by atoms with E-state index in [1.54, 1.807) is 6.07 Å². The number of likely N-dealkylation sites (N-methyl/N-ethyl adjacent to an activating group) is 1. The zero-order valence-electron chi connectivity index (χ0n) is 12.7. The van der Waals surface area contributed by atoms with Crippen LogP contribution in [0, 0.1) is 5.82 Å². The largest absolute Gasteiger partial charge is 0.377 e. The molecule has 0 unspecified atom stereocenters. The van der Waals surface area contributed by atoms with Crippen LogP contribution in [0.5, 0.6) is 0 Å². The topological polar surface area (TPSA) is 24.5 Å². The molecule has 2 rings (SSSR count). The summed E-state index contributed by atoms with van der Waals surface area (Å²) in [5.74, 6) is -0.132. The van der Waals surface area contributed by atoms with Crippen molar-refractivity contribution >= 4 is 5.69 Å². The second-order valence-electron chi connectivity index (χ2n) is 5.73. The number of nitrogens with zero attached hydrogens (tertiary/aromatic N) is 1. The van der Waals surface area contributed by atoms with E-state index in [9.17, 15) is 4.39 Å². The number of halogens is 1. The fourth-order valence-corrected chi connectivity index (χ4v) is 2.16. The number of benzene rings is 1. The molecule has 1 saturated carbocycles. The van der Waals surface area contributed by atoms with Crippen LogP contribution in [-0.2, 0) is 11.3 Å². The lowest BCUT2D eigenvalue weighted by Crippen LogP contribution is -2.26. The molecule has 112 valence electrons. The van der Waals surface area contributed by atoms with Crippen LogP contribution in [-0.4, -0.2) is 32.3 Å². The Morgan fingerprint density at radius 2 is 2.15 bits per heavy atom. The summed E-state index contributed by atoms with van der Waals surface area (Å²) < 4.78 is 19.6. The van der Waals surface area contributed by atoms with E-state index >= 15 is 0 Å².